The number of nitrogens with two attached hydrogens (primary N) is 1. The number of nitrogens with one attached hydrogen (secondary N) is 3. The lowest BCUT2D eigenvalue weighted by molar-refractivity contribution is 1.05. The average molecular weight is 182 g/mol. The van der Waals surface area contributed by atoms with Gasteiger partial charge >= 0.3 is 0 Å². The van der Waals surface area contributed by atoms with Crippen LogP contribution < -0.4 is 16.6 Å². The van der Waals surface area contributed by atoms with Crippen molar-refractivity contribution in [2.45, 2.75) is 0 Å². The minimum Gasteiger partial charge on any atom is -0.369 e. The van der Waals surface area contributed by atoms with E-state index in [1.165, 1.54) is 6.34 Å². The van der Waals surface area contributed by atoms with Crippen LogP contribution in [0.2, 0.25) is 0 Å². The number of aromatic nitrogens is 2. The molecule has 2 heterocycles. The molecule has 0 fully saturated rings. The number of nitrogens with zero attached hydrogens (tertiary/aromatic N) is 2. The molecule has 0 radical (unpaired) electrons. The first kappa shape index (κ1) is 7.04. The Kier molecular flexibility index (Phi) is 1.44. The Morgan fingerprint density at radius 1 is 1.50 bits per heavy atom. The maximum absolute atomic E-state index is 5.43. The molecule has 62 valence electrons. The van der Waals surface area contributed by atoms with Gasteiger partial charge in [0, 0.05) is 0 Å². The second-order valence-electron chi connectivity index (χ2n) is 2.18. The summed E-state index contributed by atoms with van der Waals surface area (Å²) in [6, 6.07) is 0. The summed E-state index contributed by atoms with van der Waals surface area (Å²) >= 11 is 4.93. The molecule has 1 aromatic rings. The Balaban J connectivity index is 2.71. The Labute approximate surface area is 72.9 Å². The molecule has 7 heteroatoms. The van der Waals surface area contributed by atoms with Gasteiger partial charge in [0.15, 0.2) is 16.4 Å². The predicted octanol–water partition coefficient (Wildman–Crippen LogP) is 0.311. The van der Waals surface area contributed by atoms with Gasteiger partial charge in [0.1, 0.15) is 12.0 Å². The van der Waals surface area contributed by atoms with E-state index in [1.807, 2.05) is 0 Å². The van der Waals surface area contributed by atoms with Crippen molar-refractivity contribution in [2.75, 3.05) is 11.2 Å². The second kappa shape index (κ2) is 2.45. The van der Waals surface area contributed by atoms with E-state index in [9.17, 15) is 0 Å². The lowest BCUT2D eigenvalue weighted by Gasteiger charge is -2.12. The molecular weight excluding hydrogens is 176 g/mol. The van der Waals surface area contributed by atoms with Gasteiger partial charge in [0.2, 0.25) is 0 Å². The van der Waals surface area contributed by atoms with Crippen molar-refractivity contribution < 1.29 is 0 Å². The highest BCUT2D eigenvalue weighted by Crippen LogP contribution is 2.24. The zero-order chi connectivity index (χ0) is 8.55. The van der Waals surface area contributed by atoms with Crippen molar-refractivity contribution >= 4 is 36.0 Å². The Hall–Kier alpha value is -1.63. The molecule has 0 amide bonds. The SMILES string of the molecule is Nc1nc(=S)c2c([nH]1)NNC=N2. The van der Waals surface area contributed by atoms with E-state index in [1.54, 1.807) is 0 Å². The highest BCUT2D eigenvalue weighted by atomic mass is 32.1. The van der Waals surface area contributed by atoms with Gasteiger partial charge in [0.05, 0.1) is 0 Å². The van der Waals surface area contributed by atoms with Crippen LogP contribution in [0.1, 0.15) is 0 Å². The van der Waals surface area contributed by atoms with Gasteiger partial charge < -0.3 is 10.7 Å². The second-order valence-corrected chi connectivity index (χ2v) is 2.57. The smallest absolute Gasteiger partial charge is 0.200 e. The third kappa shape index (κ3) is 0.996. The van der Waals surface area contributed by atoms with E-state index >= 15 is 0 Å². The summed E-state index contributed by atoms with van der Waals surface area (Å²) in [5.74, 6) is 0.903. The van der Waals surface area contributed by atoms with Crippen LogP contribution in [0.15, 0.2) is 4.99 Å². The Morgan fingerprint density at radius 3 is 3.17 bits per heavy atom. The Bertz CT molecular complexity index is 393. The van der Waals surface area contributed by atoms with Gasteiger partial charge in [-0.2, -0.15) is 0 Å². The first-order valence-corrected chi connectivity index (χ1v) is 3.62. The maximum Gasteiger partial charge on any atom is 0.200 e. The fraction of sp³-hybridized carbons (Fsp3) is 0. The molecule has 0 saturated carbocycles. The number of nitrogen functional groups attached to an aromatic ring is 1. The number of hydrogen-bond donors (Lipinski definition) is 4. The van der Waals surface area contributed by atoms with Crippen LogP contribution in [0.5, 0.6) is 0 Å². The van der Waals surface area contributed by atoms with Crippen molar-refractivity contribution in [1.29, 1.82) is 0 Å². The van der Waals surface area contributed by atoms with Crippen LogP contribution in [0.3, 0.4) is 0 Å². The van der Waals surface area contributed by atoms with Gasteiger partial charge in [-0.25, -0.2) is 9.98 Å². The van der Waals surface area contributed by atoms with Crippen LogP contribution >= 0.6 is 12.2 Å². The van der Waals surface area contributed by atoms with E-state index in [4.69, 9.17) is 18.0 Å². The lowest BCUT2D eigenvalue weighted by Crippen LogP contribution is -2.23. The fourth-order valence-corrected chi connectivity index (χ4v) is 1.15. The minimum atomic E-state index is 0.269. The number of fused-ring (bicyclic) bond motifs is 1. The van der Waals surface area contributed by atoms with E-state index in [0.717, 1.165) is 0 Å². The van der Waals surface area contributed by atoms with Gasteiger partial charge in [0.25, 0.3) is 0 Å². The summed E-state index contributed by atoms with van der Waals surface area (Å²) in [5.41, 5.74) is 11.5. The molecule has 0 aliphatic carbocycles. The molecule has 0 atom stereocenters. The van der Waals surface area contributed by atoms with Crippen molar-refractivity contribution in [3.05, 3.63) is 4.64 Å². The zero-order valence-corrected chi connectivity index (χ0v) is 6.77. The van der Waals surface area contributed by atoms with Crippen molar-refractivity contribution in [1.82, 2.24) is 15.4 Å². The molecule has 1 aromatic heterocycles. The molecule has 1 aliphatic rings. The molecule has 0 aromatic carbocycles. The predicted molar refractivity (Wildman–Crippen MR) is 48.7 cm³/mol. The standard InChI is InChI=1S/C5H6N6S/c6-5-9-3-2(4(12)10-5)7-1-8-11-3/h1H,(H,7,8)(H4,6,9,10,11,12). The summed E-state index contributed by atoms with van der Waals surface area (Å²) in [6.45, 7) is 0. The highest BCUT2D eigenvalue weighted by molar-refractivity contribution is 7.71. The Morgan fingerprint density at radius 2 is 2.33 bits per heavy atom. The molecule has 1 aliphatic heterocycles. The molecule has 2 rings (SSSR count). The largest absolute Gasteiger partial charge is 0.369 e. The normalized spacial score (nSPS) is 13.0. The maximum atomic E-state index is 5.43. The highest BCUT2D eigenvalue weighted by Gasteiger charge is 2.07. The zero-order valence-electron chi connectivity index (χ0n) is 5.96. The van der Waals surface area contributed by atoms with E-state index in [-0.39, 0.29) is 5.95 Å². The number of hydrogen-bond acceptors (Lipinski definition) is 6. The topological polar surface area (TPSA) is 91.1 Å². The first-order valence-electron chi connectivity index (χ1n) is 3.21. The monoisotopic (exact) mass is 182 g/mol. The summed E-state index contributed by atoms with van der Waals surface area (Å²) < 4.78 is 0.381. The third-order valence-corrected chi connectivity index (χ3v) is 1.65. The number of rotatable bonds is 0. The van der Waals surface area contributed by atoms with Crippen LogP contribution in [0.4, 0.5) is 17.5 Å². The van der Waals surface area contributed by atoms with Gasteiger partial charge in [-0.3, -0.25) is 10.9 Å². The average Bonchev–Trinajstić information content (AvgIpc) is 2.04. The number of hydrazine groups is 1. The number of aliphatic imine (C=N–C) groups is 1. The van der Waals surface area contributed by atoms with E-state index < -0.39 is 0 Å². The molecule has 0 spiro atoms. The number of H-pyrrole nitrogens is 1. The summed E-state index contributed by atoms with van der Waals surface area (Å²) in [5, 5.41) is 0. The first-order chi connectivity index (χ1) is 5.77. The van der Waals surface area contributed by atoms with Crippen LogP contribution in [0, 0.1) is 4.64 Å². The molecule has 0 unspecified atom stereocenters. The number of aromatic amines is 1. The van der Waals surface area contributed by atoms with Crippen LogP contribution in [0.25, 0.3) is 0 Å². The van der Waals surface area contributed by atoms with E-state index in [0.29, 0.717) is 16.1 Å². The quantitative estimate of drug-likeness (QED) is 0.433. The molecule has 0 saturated heterocycles. The minimum absolute atomic E-state index is 0.269. The van der Waals surface area contributed by atoms with Crippen LogP contribution in [-0.2, 0) is 0 Å². The molecule has 5 N–H and O–H groups in total. The number of anilines is 2. The summed E-state index contributed by atoms with van der Waals surface area (Å²) in [4.78, 5) is 10.6. The van der Waals surface area contributed by atoms with Crippen LogP contribution in [-0.4, -0.2) is 16.3 Å². The molecule has 6 nitrogen and oxygen atoms in total. The summed E-state index contributed by atoms with van der Waals surface area (Å²) in [7, 11) is 0. The van der Waals surface area contributed by atoms with Gasteiger partial charge in [-0.15, -0.1) is 0 Å². The fourth-order valence-electron chi connectivity index (χ4n) is 0.896. The third-order valence-electron chi connectivity index (χ3n) is 1.37. The van der Waals surface area contributed by atoms with Gasteiger partial charge in [-0.05, 0) is 0 Å². The lowest BCUT2D eigenvalue weighted by atomic mass is 10.5. The van der Waals surface area contributed by atoms with Gasteiger partial charge in [-0.1, -0.05) is 12.2 Å². The molecular formula is C5H6N6S. The van der Waals surface area contributed by atoms with Crippen molar-refractivity contribution in [3.8, 4) is 0 Å². The van der Waals surface area contributed by atoms with Crippen molar-refractivity contribution in [3.63, 3.8) is 0 Å². The van der Waals surface area contributed by atoms with E-state index in [2.05, 4.69) is 25.8 Å². The molecule has 12 heavy (non-hydrogen) atoms. The molecule has 0 bridgehead atoms. The van der Waals surface area contributed by atoms with Crippen molar-refractivity contribution in [2.24, 2.45) is 4.99 Å². The summed E-state index contributed by atoms with van der Waals surface area (Å²) in [6.07, 6.45) is 1.49.